The fraction of sp³-hybridized carbons (Fsp3) is 0.348. The van der Waals surface area contributed by atoms with Crippen molar-refractivity contribution in [3.63, 3.8) is 0 Å². The molecule has 0 spiro atoms. The Hall–Kier alpha value is -2.86. The van der Waals surface area contributed by atoms with Crippen molar-refractivity contribution in [2.45, 2.75) is 39.5 Å². The zero-order chi connectivity index (χ0) is 22.3. The van der Waals surface area contributed by atoms with Gasteiger partial charge in [0, 0.05) is 16.3 Å². The van der Waals surface area contributed by atoms with Gasteiger partial charge in [-0.15, -0.1) is 0 Å². The number of amides is 2. The number of rotatable bonds is 8. The van der Waals surface area contributed by atoms with Gasteiger partial charge in [-0.3, -0.25) is 14.4 Å². The third-order valence-corrected chi connectivity index (χ3v) is 4.75. The summed E-state index contributed by atoms with van der Waals surface area (Å²) < 4.78 is 5.00. The van der Waals surface area contributed by atoms with Crippen molar-refractivity contribution in [3.8, 4) is 0 Å². The molecule has 0 fully saturated rings. The number of esters is 1. The van der Waals surface area contributed by atoms with Crippen LogP contribution in [0.4, 0.5) is 5.69 Å². The standard InChI is InChI=1S/C23H27ClN2O4/c1-14(2)18-6-5-7-19(15(3)4)22(18)26-20(27)13-30-21(28)12-25-23(29)16-8-10-17(24)11-9-16/h5-11,14-15H,12-13H2,1-4H3,(H,25,29)(H,26,27). The van der Waals surface area contributed by atoms with Gasteiger partial charge in [0.05, 0.1) is 0 Å². The van der Waals surface area contributed by atoms with E-state index in [1.807, 2.05) is 18.2 Å². The van der Waals surface area contributed by atoms with Crippen molar-refractivity contribution in [2.24, 2.45) is 0 Å². The van der Waals surface area contributed by atoms with E-state index >= 15 is 0 Å². The highest BCUT2D eigenvalue weighted by Gasteiger charge is 2.17. The Kier molecular flexibility index (Phi) is 8.42. The fourth-order valence-electron chi connectivity index (χ4n) is 2.92. The molecule has 0 aromatic heterocycles. The van der Waals surface area contributed by atoms with E-state index < -0.39 is 24.4 Å². The van der Waals surface area contributed by atoms with Gasteiger partial charge in [0.2, 0.25) is 0 Å². The number of carbonyl (C=O) groups excluding carboxylic acids is 3. The van der Waals surface area contributed by atoms with Crippen LogP contribution in [0.2, 0.25) is 5.02 Å². The zero-order valence-corrected chi connectivity index (χ0v) is 18.4. The summed E-state index contributed by atoms with van der Waals surface area (Å²) in [5.41, 5.74) is 3.18. The van der Waals surface area contributed by atoms with Crippen molar-refractivity contribution in [2.75, 3.05) is 18.5 Å². The zero-order valence-electron chi connectivity index (χ0n) is 17.6. The van der Waals surface area contributed by atoms with E-state index in [4.69, 9.17) is 16.3 Å². The Morgan fingerprint density at radius 2 is 1.50 bits per heavy atom. The van der Waals surface area contributed by atoms with Crippen LogP contribution >= 0.6 is 11.6 Å². The van der Waals surface area contributed by atoms with E-state index in [1.165, 1.54) is 0 Å². The molecule has 160 valence electrons. The lowest BCUT2D eigenvalue weighted by molar-refractivity contribution is -0.146. The first kappa shape index (κ1) is 23.4. The number of ether oxygens (including phenoxy) is 1. The third-order valence-electron chi connectivity index (χ3n) is 4.50. The van der Waals surface area contributed by atoms with Crippen LogP contribution < -0.4 is 10.6 Å². The van der Waals surface area contributed by atoms with Crippen molar-refractivity contribution < 1.29 is 19.1 Å². The van der Waals surface area contributed by atoms with Gasteiger partial charge in [0.15, 0.2) is 6.61 Å². The summed E-state index contributed by atoms with van der Waals surface area (Å²) in [6.45, 7) is 7.45. The molecule has 0 atom stereocenters. The lowest BCUT2D eigenvalue weighted by Gasteiger charge is -2.20. The van der Waals surface area contributed by atoms with Crippen LogP contribution in [0.3, 0.4) is 0 Å². The van der Waals surface area contributed by atoms with E-state index in [0.717, 1.165) is 16.8 Å². The van der Waals surface area contributed by atoms with Crippen LogP contribution in [0.25, 0.3) is 0 Å². The highest BCUT2D eigenvalue weighted by Crippen LogP contribution is 2.32. The predicted molar refractivity (Wildman–Crippen MR) is 118 cm³/mol. The molecule has 0 unspecified atom stereocenters. The van der Waals surface area contributed by atoms with Gasteiger partial charge < -0.3 is 15.4 Å². The maximum atomic E-state index is 12.4. The molecule has 2 N–H and O–H groups in total. The molecule has 0 saturated carbocycles. The smallest absolute Gasteiger partial charge is 0.325 e. The van der Waals surface area contributed by atoms with Crippen molar-refractivity contribution in [1.29, 1.82) is 0 Å². The summed E-state index contributed by atoms with van der Waals surface area (Å²) in [5.74, 6) is -1.11. The number of anilines is 1. The number of nitrogens with one attached hydrogen (secondary N) is 2. The lowest BCUT2D eigenvalue weighted by atomic mass is 9.92. The second-order valence-electron chi connectivity index (χ2n) is 7.52. The van der Waals surface area contributed by atoms with E-state index in [0.29, 0.717) is 10.6 Å². The highest BCUT2D eigenvalue weighted by molar-refractivity contribution is 6.30. The summed E-state index contributed by atoms with van der Waals surface area (Å²) >= 11 is 5.78. The molecule has 0 aliphatic carbocycles. The van der Waals surface area contributed by atoms with E-state index in [1.54, 1.807) is 24.3 Å². The molecule has 0 radical (unpaired) electrons. The summed E-state index contributed by atoms with van der Waals surface area (Å²) in [4.78, 5) is 36.3. The van der Waals surface area contributed by atoms with Gasteiger partial charge in [0.1, 0.15) is 6.54 Å². The molecular formula is C23H27ClN2O4. The third kappa shape index (κ3) is 6.59. The van der Waals surface area contributed by atoms with E-state index in [-0.39, 0.29) is 18.4 Å². The fourth-order valence-corrected chi connectivity index (χ4v) is 3.05. The molecule has 2 aromatic carbocycles. The topological polar surface area (TPSA) is 84.5 Å². The average Bonchev–Trinajstić information content (AvgIpc) is 2.70. The van der Waals surface area contributed by atoms with E-state index in [2.05, 4.69) is 38.3 Å². The average molecular weight is 431 g/mol. The molecule has 30 heavy (non-hydrogen) atoms. The van der Waals surface area contributed by atoms with Gasteiger partial charge >= 0.3 is 5.97 Å². The summed E-state index contributed by atoms with van der Waals surface area (Å²) in [5, 5.41) is 5.84. The molecule has 2 aromatic rings. The van der Waals surface area contributed by atoms with Crippen LogP contribution in [-0.4, -0.2) is 30.9 Å². The second kappa shape index (κ2) is 10.8. The van der Waals surface area contributed by atoms with Gasteiger partial charge in [-0.2, -0.15) is 0 Å². The van der Waals surface area contributed by atoms with Crippen molar-refractivity contribution in [1.82, 2.24) is 5.32 Å². The summed E-state index contributed by atoms with van der Waals surface area (Å²) in [6, 6.07) is 12.2. The molecule has 0 saturated heterocycles. The van der Waals surface area contributed by atoms with Gasteiger partial charge in [-0.25, -0.2) is 0 Å². The van der Waals surface area contributed by atoms with Crippen LogP contribution in [-0.2, 0) is 14.3 Å². The SMILES string of the molecule is CC(C)c1cccc(C(C)C)c1NC(=O)COC(=O)CNC(=O)c1ccc(Cl)cc1. The maximum absolute atomic E-state index is 12.4. The molecule has 2 amide bonds. The van der Waals surface area contributed by atoms with Crippen LogP contribution in [0, 0.1) is 0 Å². The summed E-state index contributed by atoms with van der Waals surface area (Å²) in [7, 11) is 0. The normalized spacial score (nSPS) is 10.8. The van der Waals surface area contributed by atoms with Gasteiger partial charge in [-0.1, -0.05) is 57.5 Å². The van der Waals surface area contributed by atoms with E-state index in [9.17, 15) is 14.4 Å². The number of halogens is 1. The first-order valence-electron chi connectivity index (χ1n) is 9.81. The monoisotopic (exact) mass is 430 g/mol. The Balaban J connectivity index is 1.89. The largest absolute Gasteiger partial charge is 0.454 e. The summed E-state index contributed by atoms with van der Waals surface area (Å²) in [6.07, 6.45) is 0. The Bertz CT molecular complexity index is 882. The number of carbonyl (C=O) groups is 3. The van der Waals surface area contributed by atoms with Gasteiger partial charge in [-0.05, 0) is 47.2 Å². The molecule has 7 heteroatoms. The molecule has 0 heterocycles. The van der Waals surface area contributed by atoms with Crippen molar-refractivity contribution in [3.05, 3.63) is 64.2 Å². The molecule has 6 nitrogen and oxygen atoms in total. The number of benzene rings is 2. The molecule has 0 aliphatic rings. The minimum Gasteiger partial charge on any atom is -0.454 e. The minimum atomic E-state index is -0.700. The van der Waals surface area contributed by atoms with Gasteiger partial charge in [0.25, 0.3) is 11.8 Å². The van der Waals surface area contributed by atoms with Crippen LogP contribution in [0.1, 0.15) is 61.0 Å². The first-order valence-corrected chi connectivity index (χ1v) is 10.2. The molecule has 0 aliphatic heterocycles. The van der Waals surface area contributed by atoms with Crippen molar-refractivity contribution >= 4 is 35.1 Å². The number of para-hydroxylation sites is 1. The first-order chi connectivity index (χ1) is 14.2. The molecule has 0 bridgehead atoms. The highest BCUT2D eigenvalue weighted by atomic mass is 35.5. The predicted octanol–water partition coefficient (Wildman–Crippen LogP) is 4.50. The van der Waals surface area contributed by atoms with Crippen LogP contribution in [0.15, 0.2) is 42.5 Å². The number of hydrogen-bond donors (Lipinski definition) is 2. The number of hydrogen-bond acceptors (Lipinski definition) is 4. The van der Waals surface area contributed by atoms with Crippen LogP contribution in [0.5, 0.6) is 0 Å². The Morgan fingerprint density at radius 1 is 0.933 bits per heavy atom. The second-order valence-corrected chi connectivity index (χ2v) is 7.96. The maximum Gasteiger partial charge on any atom is 0.325 e. The lowest BCUT2D eigenvalue weighted by Crippen LogP contribution is -2.32. The quantitative estimate of drug-likeness (QED) is 0.604. The Labute approximate surface area is 182 Å². The molecule has 2 rings (SSSR count). The minimum absolute atomic E-state index is 0.227. The Morgan fingerprint density at radius 3 is 2.03 bits per heavy atom. The molecular weight excluding hydrogens is 404 g/mol.